The van der Waals surface area contributed by atoms with E-state index in [9.17, 15) is 9.59 Å². The molecule has 0 spiro atoms. The third kappa shape index (κ3) is 4.17. The lowest BCUT2D eigenvalue weighted by Crippen LogP contribution is -2.33. The van der Waals surface area contributed by atoms with Gasteiger partial charge in [-0.2, -0.15) is 0 Å². The number of esters is 1. The van der Waals surface area contributed by atoms with Crippen molar-refractivity contribution in [3.05, 3.63) is 65.7 Å². The second kappa shape index (κ2) is 7.38. The van der Waals surface area contributed by atoms with Crippen LogP contribution in [0.4, 0.5) is 5.69 Å². The molecule has 0 aliphatic rings. The Hall–Kier alpha value is -2.66. The van der Waals surface area contributed by atoms with Crippen LogP contribution in [-0.2, 0) is 16.0 Å². The number of anilines is 1. The van der Waals surface area contributed by atoms with Crippen LogP contribution < -0.4 is 11.1 Å². The lowest BCUT2D eigenvalue weighted by atomic mass is 10.1. The predicted octanol–water partition coefficient (Wildman–Crippen LogP) is 1.98. The van der Waals surface area contributed by atoms with Gasteiger partial charge in [0.25, 0.3) is 5.91 Å². The summed E-state index contributed by atoms with van der Waals surface area (Å²) in [6.45, 7) is 0. The van der Waals surface area contributed by atoms with Crippen molar-refractivity contribution in [2.24, 2.45) is 5.73 Å². The van der Waals surface area contributed by atoms with Crippen molar-refractivity contribution in [2.45, 2.75) is 12.5 Å². The van der Waals surface area contributed by atoms with Gasteiger partial charge in [0.2, 0.25) is 0 Å². The Bertz CT molecular complexity index is 639. The van der Waals surface area contributed by atoms with Gasteiger partial charge in [-0.3, -0.25) is 9.59 Å². The molecule has 2 aromatic carbocycles. The van der Waals surface area contributed by atoms with Crippen molar-refractivity contribution < 1.29 is 14.3 Å². The van der Waals surface area contributed by atoms with Crippen LogP contribution in [-0.4, -0.2) is 25.0 Å². The van der Waals surface area contributed by atoms with Gasteiger partial charge in [0, 0.05) is 11.3 Å². The van der Waals surface area contributed by atoms with Crippen LogP contribution in [0.1, 0.15) is 15.9 Å². The summed E-state index contributed by atoms with van der Waals surface area (Å²) in [6.07, 6.45) is 0.388. The van der Waals surface area contributed by atoms with E-state index in [1.54, 1.807) is 24.3 Å². The van der Waals surface area contributed by atoms with Crippen LogP contribution in [0.15, 0.2) is 54.6 Å². The summed E-state index contributed by atoms with van der Waals surface area (Å²) in [7, 11) is 1.31. The number of hydrogen-bond acceptors (Lipinski definition) is 4. The second-order valence-electron chi connectivity index (χ2n) is 4.85. The maximum Gasteiger partial charge on any atom is 0.322 e. The zero-order chi connectivity index (χ0) is 15.9. The molecule has 3 N–H and O–H groups in total. The Morgan fingerprint density at radius 3 is 2.32 bits per heavy atom. The monoisotopic (exact) mass is 298 g/mol. The highest BCUT2D eigenvalue weighted by Gasteiger charge is 2.14. The summed E-state index contributed by atoms with van der Waals surface area (Å²) >= 11 is 0. The Morgan fingerprint density at radius 1 is 1.09 bits per heavy atom. The van der Waals surface area contributed by atoms with Gasteiger partial charge in [-0.15, -0.1) is 0 Å². The van der Waals surface area contributed by atoms with Crippen LogP contribution in [0.25, 0.3) is 0 Å². The summed E-state index contributed by atoms with van der Waals surface area (Å²) in [5.74, 6) is -0.610. The summed E-state index contributed by atoms with van der Waals surface area (Å²) in [6, 6.07) is 15.5. The molecular formula is C17H18N2O3. The van der Waals surface area contributed by atoms with Gasteiger partial charge in [0.05, 0.1) is 7.11 Å². The first-order valence-electron chi connectivity index (χ1n) is 6.89. The number of rotatable bonds is 5. The molecule has 2 rings (SSSR count). The zero-order valence-corrected chi connectivity index (χ0v) is 12.3. The van der Waals surface area contributed by atoms with Crippen LogP contribution in [0.3, 0.4) is 0 Å². The predicted molar refractivity (Wildman–Crippen MR) is 84.5 cm³/mol. The number of carbonyl (C=O) groups excluding carboxylic acids is 2. The molecule has 0 fully saturated rings. The molecule has 22 heavy (non-hydrogen) atoms. The molecule has 2 aromatic rings. The van der Waals surface area contributed by atoms with E-state index < -0.39 is 12.0 Å². The van der Waals surface area contributed by atoms with Gasteiger partial charge in [-0.25, -0.2) is 0 Å². The Labute approximate surface area is 129 Å². The average molecular weight is 298 g/mol. The maximum atomic E-state index is 12.0. The summed E-state index contributed by atoms with van der Waals surface area (Å²) in [5.41, 5.74) is 7.89. The highest BCUT2D eigenvalue weighted by molar-refractivity contribution is 6.04. The maximum absolute atomic E-state index is 12.0. The lowest BCUT2D eigenvalue weighted by Gasteiger charge is -2.10. The fourth-order valence-corrected chi connectivity index (χ4v) is 2.01. The highest BCUT2D eigenvalue weighted by atomic mass is 16.5. The molecule has 0 aliphatic carbocycles. The van der Waals surface area contributed by atoms with E-state index in [2.05, 4.69) is 10.1 Å². The molecule has 0 radical (unpaired) electrons. The van der Waals surface area contributed by atoms with E-state index in [1.807, 2.05) is 30.3 Å². The molecule has 5 heteroatoms. The fraction of sp³-hybridized carbons (Fsp3) is 0.176. The average Bonchev–Trinajstić information content (AvgIpc) is 2.56. The quantitative estimate of drug-likeness (QED) is 0.827. The van der Waals surface area contributed by atoms with Crippen molar-refractivity contribution in [1.29, 1.82) is 0 Å². The van der Waals surface area contributed by atoms with E-state index in [0.29, 0.717) is 17.7 Å². The third-order valence-corrected chi connectivity index (χ3v) is 3.21. The zero-order valence-electron chi connectivity index (χ0n) is 12.3. The molecule has 0 heterocycles. The molecule has 1 unspecified atom stereocenters. The molecule has 5 nitrogen and oxygen atoms in total. The van der Waals surface area contributed by atoms with Crippen molar-refractivity contribution in [3.63, 3.8) is 0 Å². The van der Waals surface area contributed by atoms with Gasteiger partial charge in [0.15, 0.2) is 0 Å². The summed E-state index contributed by atoms with van der Waals surface area (Å²) < 4.78 is 4.59. The molecule has 0 aliphatic heterocycles. The van der Waals surface area contributed by atoms with Gasteiger partial charge in [-0.1, -0.05) is 30.3 Å². The van der Waals surface area contributed by atoms with Crippen LogP contribution >= 0.6 is 0 Å². The molecule has 0 saturated carbocycles. The SMILES string of the molecule is COC(=O)C(N)Cc1ccc(NC(=O)c2ccccc2)cc1. The van der Waals surface area contributed by atoms with E-state index >= 15 is 0 Å². The first-order valence-corrected chi connectivity index (χ1v) is 6.89. The van der Waals surface area contributed by atoms with Crippen molar-refractivity contribution in [2.75, 3.05) is 12.4 Å². The fourth-order valence-electron chi connectivity index (χ4n) is 2.01. The Morgan fingerprint density at radius 2 is 1.73 bits per heavy atom. The van der Waals surface area contributed by atoms with Gasteiger partial charge < -0.3 is 15.8 Å². The number of nitrogens with two attached hydrogens (primary N) is 1. The second-order valence-corrected chi connectivity index (χ2v) is 4.85. The number of carbonyl (C=O) groups is 2. The van der Waals surface area contributed by atoms with Crippen LogP contribution in [0, 0.1) is 0 Å². The molecule has 1 amide bonds. The number of hydrogen-bond donors (Lipinski definition) is 2. The minimum atomic E-state index is -0.685. The van der Waals surface area contributed by atoms with Crippen LogP contribution in [0.5, 0.6) is 0 Å². The molecular weight excluding hydrogens is 280 g/mol. The molecule has 0 bridgehead atoms. The molecule has 0 aromatic heterocycles. The molecule has 1 atom stereocenters. The highest BCUT2D eigenvalue weighted by Crippen LogP contribution is 2.12. The Balaban J connectivity index is 1.97. The molecule has 114 valence electrons. The smallest absolute Gasteiger partial charge is 0.322 e. The van der Waals surface area contributed by atoms with Crippen LogP contribution in [0.2, 0.25) is 0 Å². The van der Waals surface area contributed by atoms with Gasteiger partial charge >= 0.3 is 5.97 Å². The van der Waals surface area contributed by atoms with E-state index in [-0.39, 0.29) is 5.91 Å². The largest absolute Gasteiger partial charge is 0.468 e. The number of ether oxygens (including phenoxy) is 1. The summed E-state index contributed by atoms with van der Waals surface area (Å²) in [4.78, 5) is 23.3. The van der Waals surface area contributed by atoms with E-state index in [4.69, 9.17) is 5.73 Å². The first kappa shape index (κ1) is 15.7. The summed E-state index contributed by atoms with van der Waals surface area (Å²) in [5, 5.41) is 2.81. The topological polar surface area (TPSA) is 81.4 Å². The third-order valence-electron chi connectivity index (χ3n) is 3.21. The van der Waals surface area contributed by atoms with E-state index in [0.717, 1.165) is 5.56 Å². The number of benzene rings is 2. The van der Waals surface area contributed by atoms with Crippen molar-refractivity contribution in [1.82, 2.24) is 0 Å². The number of methoxy groups -OCH3 is 1. The lowest BCUT2D eigenvalue weighted by molar-refractivity contribution is -0.142. The Kier molecular flexibility index (Phi) is 5.27. The standard InChI is InChI=1S/C17H18N2O3/c1-22-17(21)15(18)11-12-7-9-14(10-8-12)19-16(20)13-5-3-2-4-6-13/h2-10,15H,11,18H2,1H3,(H,19,20). The first-order chi connectivity index (χ1) is 10.6. The van der Waals surface area contributed by atoms with Crippen molar-refractivity contribution >= 4 is 17.6 Å². The van der Waals surface area contributed by atoms with E-state index in [1.165, 1.54) is 7.11 Å². The number of amides is 1. The minimum absolute atomic E-state index is 0.167. The van der Waals surface area contributed by atoms with Crippen molar-refractivity contribution in [3.8, 4) is 0 Å². The normalized spacial score (nSPS) is 11.5. The molecule has 0 saturated heterocycles. The van der Waals surface area contributed by atoms with Gasteiger partial charge in [-0.05, 0) is 36.2 Å². The minimum Gasteiger partial charge on any atom is -0.468 e. The van der Waals surface area contributed by atoms with Gasteiger partial charge in [0.1, 0.15) is 6.04 Å². The number of nitrogens with one attached hydrogen (secondary N) is 1.